The average Bonchev–Trinajstić information content (AvgIpc) is 2.61. The Hall–Kier alpha value is -1.97. The van der Waals surface area contributed by atoms with Gasteiger partial charge in [-0.1, -0.05) is 60.7 Å². The van der Waals surface area contributed by atoms with Crippen LogP contribution in [0.4, 0.5) is 0 Å². The monoisotopic (exact) mass is 310 g/mol. The fourth-order valence-corrected chi connectivity index (χ4v) is 3.12. The lowest BCUT2D eigenvalue weighted by atomic mass is 9.93. The third-order valence-electron chi connectivity index (χ3n) is 4.34. The molecule has 0 amide bonds. The maximum absolute atomic E-state index is 12.2. The molecule has 1 aliphatic rings. The summed E-state index contributed by atoms with van der Waals surface area (Å²) in [5.74, 6) is 0.130. The number of ketones is 1. The van der Waals surface area contributed by atoms with Crippen molar-refractivity contribution in [3.63, 3.8) is 0 Å². The lowest BCUT2D eigenvalue weighted by Crippen LogP contribution is -2.31. The topological polar surface area (TPSA) is 46.5 Å². The van der Waals surface area contributed by atoms with Crippen LogP contribution in [0.3, 0.4) is 0 Å². The number of carbonyl (C=O) groups is 1. The molecule has 1 N–H and O–H groups in total. The van der Waals surface area contributed by atoms with E-state index in [4.69, 9.17) is 4.74 Å². The number of benzene rings is 2. The van der Waals surface area contributed by atoms with Crippen molar-refractivity contribution in [2.45, 2.75) is 44.0 Å². The van der Waals surface area contributed by atoms with Gasteiger partial charge < -0.3 is 9.84 Å². The number of rotatable bonds is 5. The molecule has 0 saturated carbocycles. The summed E-state index contributed by atoms with van der Waals surface area (Å²) >= 11 is 0. The molecule has 3 nitrogen and oxygen atoms in total. The fraction of sp³-hybridized carbons (Fsp3) is 0.350. The van der Waals surface area contributed by atoms with E-state index in [0.29, 0.717) is 25.7 Å². The zero-order valence-electron chi connectivity index (χ0n) is 13.1. The normalized spacial score (nSPS) is 24.3. The van der Waals surface area contributed by atoms with E-state index in [9.17, 15) is 9.90 Å². The summed E-state index contributed by atoms with van der Waals surface area (Å²) in [7, 11) is 0. The summed E-state index contributed by atoms with van der Waals surface area (Å²) in [6, 6.07) is 19.3. The average molecular weight is 310 g/mol. The Morgan fingerprint density at radius 2 is 1.65 bits per heavy atom. The van der Waals surface area contributed by atoms with E-state index >= 15 is 0 Å². The largest absolute Gasteiger partial charge is 0.393 e. The second kappa shape index (κ2) is 7.53. The minimum absolute atomic E-state index is 0.0726. The SMILES string of the molecule is O=C(CC[C@@H]1C[C@H](O)C[C@H](c2ccccc2)O1)c1ccccc1. The molecule has 0 bridgehead atoms. The molecule has 2 aromatic rings. The van der Waals surface area contributed by atoms with E-state index < -0.39 is 0 Å². The van der Waals surface area contributed by atoms with Crippen LogP contribution in [0.25, 0.3) is 0 Å². The molecule has 0 aromatic heterocycles. The van der Waals surface area contributed by atoms with Crippen LogP contribution in [0, 0.1) is 0 Å². The van der Waals surface area contributed by atoms with Crippen LogP contribution < -0.4 is 0 Å². The van der Waals surface area contributed by atoms with Crippen molar-refractivity contribution in [2.75, 3.05) is 0 Å². The second-order valence-corrected chi connectivity index (χ2v) is 6.11. The van der Waals surface area contributed by atoms with E-state index in [-0.39, 0.29) is 24.1 Å². The van der Waals surface area contributed by atoms with Crippen LogP contribution >= 0.6 is 0 Å². The highest BCUT2D eigenvalue weighted by molar-refractivity contribution is 5.95. The van der Waals surface area contributed by atoms with Gasteiger partial charge in [0, 0.05) is 18.4 Å². The van der Waals surface area contributed by atoms with Gasteiger partial charge in [-0.05, 0) is 18.4 Å². The summed E-state index contributed by atoms with van der Waals surface area (Å²) in [5.41, 5.74) is 1.83. The molecule has 0 radical (unpaired) electrons. The third kappa shape index (κ3) is 4.27. The highest BCUT2D eigenvalue weighted by Gasteiger charge is 2.29. The van der Waals surface area contributed by atoms with Crippen LogP contribution in [-0.4, -0.2) is 23.1 Å². The molecule has 1 saturated heterocycles. The molecule has 2 aromatic carbocycles. The van der Waals surface area contributed by atoms with E-state index in [1.165, 1.54) is 0 Å². The quantitative estimate of drug-likeness (QED) is 0.851. The van der Waals surface area contributed by atoms with Gasteiger partial charge in [-0.3, -0.25) is 4.79 Å². The Morgan fingerprint density at radius 3 is 2.35 bits per heavy atom. The predicted molar refractivity (Wildman–Crippen MR) is 89.3 cm³/mol. The first-order valence-corrected chi connectivity index (χ1v) is 8.19. The lowest BCUT2D eigenvalue weighted by Gasteiger charge is -2.33. The highest BCUT2D eigenvalue weighted by atomic mass is 16.5. The molecule has 0 spiro atoms. The van der Waals surface area contributed by atoms with Crippen molar-refractivity contribution in [2.24, 2.45) is 0 Å². The van der Waals surface area contributed by atoms with Crippen LogP contribution in [0.1, 0.15) is 47.7 Å². The molecule has 3 atom stereocenters. The van der Waals surface area contributed by atoms with Crippen molar-refractivity contribution >= 4 is 5.78 Å². The van der Waals surface area contributed by atoms with Gasteiger partial charge in [0.1, 0.15) is 0 Å². The summed E-state index contributed by atoms with van der Waals surface area (Å²) < 4.78 is 6.12. The van der Waals surface area contributed by atoms with Gasteiger partial charge in [0.2, 0.25) is 0 Å². The highest BCUT2D eigenvalue weighted by Crippen LogP contribution is 2.33. The minimum atomic E-state index is -0.370. The van der Waals surface area contributed by atoms with Crippen molar-refractivity contribution in [3.05, 3.63) is 71.8 Å². The maximum Gasteiger partial charge on any atom is 0.162 e. The van der Waals surface area contributed by atoms with Gasteiger partial charge in [-0.25, -0.2) is 0 Å². The van der Waals surface area contributed by atoms with E-state index in [0.717, 1.165) is 11.1 Å². The van der Waals surface area contributed by atoms with Gasteiger partial charge in [0.15, 0.2) is 5.78 Å². The second-order valence-electron chi connectivity index (χ2n) is 6.11. The number of hydrogen-bond acceptors (Lipinski definition) is 3. The Morgan fingerprint density at radius 1 is 1.00 bits per heavy atom. The van der Waals surface area contributed by atoms with Crippen LogP contribution in [0.2, 0.25) is 0 Å². The van der Waals surface area contributed by atoms with Crippen LogP contribution in [-0.2, 0) is 4.74 Å². The van der Waals surface area contributed by atoms with Crippen molar-refractivity contribution in [1.29, 1.82) is 0 Å². The fourth-order valence-electron chi connectivity index (χ4n) is 3.12. The summed E-state index contributed by atoms with van der Waals surface area (Å²) in [5, 5.41) is 10.1. The molecule has 120 valence electrons. The van der Waals surface area contributed by atoms with Crippen molar-refractivity contribution < 1.29 is 14.6 Å². The molecule has 1 heterocycles. The molecule has 1 fully saturated rings. The first kappa shape index (κ1) is 15.9. The molecule has 3 heteroatoms. The van der Waals surface area contributed by atoms with Gasteiger partial charge >= 0.3 is 0 Å². The first-order valence-electron chi connectivity index (χ1n) is 8.19. The van der Waals surface area contributed by atoms with Crippen molar-refractivity contribution in [3.8, 4) is 0 Å². The predicted octanol–water partition coefficient (Wildman–Crippen LogP) is 3.93. The number of carbonyl (C=O) groups excluding carboxylic acids is 1. The van der Waals surface area contributed by atoms with Gasteiger partial charge in [0.05, 0.1) is 18.3 Å². The maximum atomic E-state index is 12.2. The number of ether oxygens (including phenoxy) is 1. The smallest absolute Gasteiger partial charge is 0.162 e. The third-order valence-corrected chi connectivity index (χ3v) is 4.34. The number of Topliss-reactive ketones (excluding diaryl/α,β-unsaturated/α-hetero) is 1. The summed E-state index contributed by atoms with van der Waals surface area (Å²) in [4.78, 5) is 12.2. The first-order chi connectivity index (χ1) is 11.2. The molecule has 0 unspecified atom stereocenters. The summed E-state index contributed by atoms with van der Waals surface area (Å²) in [6.07, 6.45) is 1.79. The van der Waals surface area contributed by atoms with E-state index in [1.807, 2.05) is 60.7 Å². The van der Waals surface area contributed by atoms with Gasteiger partial charge in [-0.2, -0.15) is 0 Å². The van der Waals surface area contributed by atoms with Gasteiger partial charge in [-0.15, -0.1) is 0 Å². The lowest BCUT2D eigenvalue weighted by molar-refractivity contribution is -0.0997. The van der Waals surface area contributed by atoms with Crippen LogP contribution in [0.15, 0.2) is 60.7 Å². The Kier molecular flexibility index (Phi) is 5.21. The van der Waals surface area contributed by atoms with Gasteiger partial charge in [0.25, 0.3) is 0 Å². The van der Waals surface area contributed by atoms with E-state index in [1.54, 1.807) is 0 Å². The molecule has 0 aliphatic carbocycles. The standard InChI is InChI=1S/C20H22O3/c21-17-13-18(11-12-19(22)15-7-3-1-4-8-15)23-20(14-17)16-9-5-2-6-10-16/h1-10,17-18,20-21H,11-14H2/t17-,18+,20+/m0/s1. The Labute approximate surface area is 136 Å². The molecule has 1 aliphatic heterocycles. The zero-order chi connectivity index (χ0) is 16.1. The minimum Gasteiger partial charge on any atom is -0.393 e. The molecular formula is C20H22O3. The zero-order valence-corrected chi connectivity index (χ0v) is 13.1. The molecular weight excluding hydrogens is 288 g/mol. The number of aliphatic hydroxyl groups excluding tert-OH is 1. The van der Waals surface area contributed by atoms with E-state index in [2.05, 4.69) is 0 Å². The summed E-state index contributed by atoms with van der Waals surface area (Å²) in [6.45, 7) is 0. The Bertz CT molecular complexity index is 624. The number of aliphatic hydroxyl groups is 1. The number of hydrogen-bond donors (Lipinski definition) is 1. The molecule has 3 rings (SSSR count). The Balaban J connectivity index is 1.58. The van der Waals surface area contributed by atoms with Crippen LogP contribution in [0.5, 0.6) is 0 Å². The van der Waals surface area contributed by atoms with Crippen molar-refractivity contribution in [1.82, 2.24) is 0 Å². The molecule has 23 heavy (non-hydrogen) atoms.